The highest BCUT2D eigenvalue weighted by molar-refractivity contribution is 7.99. The summed E-state index contributed by atoms with van der Waals surface area (Å²) in [6.45, 7) is 7.13. The molecule has 0 saturated carbocycles. The molecule has 0 bridgehead atoms. The van der Waals surface area contributed by atoms with Gasteiger partial charge in [-0.25, -0.2) is 0 Å². The van der Waals surface area contributed by atoms with E-state index < -0.39 is 0 Å². The summed E-state index contributed by atoms with van der Waals surface area (Å²) >= 11 is 1.12. The summed E-state index contributed by atoms with van der Waals surface area (Å²) in [4.78, 5) is 14.6. The van der Waals surface area contributed by atoms with Gasteiger partial charge in [0.15, 0.2) is 0 Å². The Kier molecular flexibility index (Phi) is 7.13. The lowest BCUT2D eigenvalue weighted by Gasteiger charge is -2.27. The number of nitroso groups, excluding NO2 is 1. The van der Waals surface area contributed by atoms with Gasteiger partial charge in [0, 0.05) is 27.8 Å². The van der Waals surface area contributed by atoms with Crippen LogP contribution < -0.4 is 0 Å². The van der Waals surface area contributed by atoms with Crippen molar-refractivity contribution in [3.63, 3.8) is 0 Å². The molecule has 0 N–H and O–H groups in total. The van der Waals surface area contributed by atoms with E-state index in [1.54, 1.807) is 0 Å². The summed E-state index contributed by atoms with van der Waals surface area (Å²) in [6.07, 6.45) is 1.15. The second-order valence-electron chi connectivity index (χ2n) is 4.82. The van der Waals surface area contributed by atoms with Gasteiger partial charge < -0.3 is 9.80 Å². The van der Waals surface area contributed by atoms with Crippen molar-refractivity contribution in [1.29, 1.82) is 0 Å². The molecule has 15 heavy (non-hydrogen) atoms. The van der Waals surface area contributed by atoms with Crippen LogP contribution in [0.2, 0.25) is 0 Å². The van der Waals surface area contributed by atoms with E-state index in [1.165, 1.54) is 0 Å². The average molecular weight is 233 g/mol. The molecule has 0 rings (SSSR count). The van der Waals surface area contributed by atoms with E-state index in [0.29, 0.717) is 0 Å². The standard InChI is InChI=1S/C10H23N3OS/c1-10(2,15-11-14)9-13(5)8-6-7-12(3)4/h6-9H2,1-5H3. The molecule has 0 aliphatic carbocycles. The summed E-state index contributed by atoms with van der Waals surface area (Å²) in [6, 6.07) is 0. The van der Waals surface area contributed by atoms with Crippen LogP contribution in [0.25, 0.3) is 0 Å². The third-order valence-electron chi connectivity index (χ3n) is 2.08. The molecule has 0 aromatic heterocycles. The van der Waals surface area contributed by atoms with Gasteiger partial charge in [-0.05, 0) is 54.5 Å². The van der Waals surface area contributed by atoms with E-state index in [9.17, 15) is 4.91 Å². The Labute approximate surface area is 97.5 Å². The van der Waals surface area contributed by atoms with Crippen molar-refractivity contribution < 1.29 is 0 Å². The molecular formula is C10H23N3OS. The summed E-state index contributed by atoms with van der Waals surface area (Å²) in [5.41, 5.74) is 0. The Bertz CT molecular complexity index is 186. The molecule has 90 valence electrons. The molecule has 0 aliphatic rings. The van der Waals surface area contributed by atoms with Crippen molar-refractivity contribution in [1.82, 2.24) is 9.80 Å². The first-order valence-corrected chi connectivity index (χ1v) is 5.99. The van der Waals surface area contributed by atoms with Gasteiger partial charge in [0.25, 0.3) is 0 Å². The number of rotatable bonds is 8. The maximum atomic E-state index is 10.2. The SMILES string of the molecule is CN(C)CCCN(C)CC(C)(C)SN=O. The van der Waals surface area contributed by atoms with Crippen LogP contribution in [-0.2, 0) is 0 Å². The molecule has 0 fully saturated rings. The predicted octanol–water partition coefficient (Wildman–Crippen LogP) is 2.06. The minimum absolute atomic E-state index is 0.0887. The van der Waals surface area contributed by atoms with Crippen LogP contribution in [-0.4, -0.2) is 55.3 Å². The smallest absolute Gasteiger partial charge is 0.0482 e. The van der Waals surface area contributed by atoms with Crippen LogP contribution in [0.15, 0.2) is 4.58 Å². The zero-order chi connectivity index (χ0) is 11.9. The van der Waals surface area contributed by atoms with Crippen molar-refractivity contribution >= 4 is 11.9 Å². The Balaban J connectivity index is 3.72. The molecule has 4 nitrogen and oxygen atoms in total. The van der Waals surface area contributed by atoms with E-state index in [1.807, 2.05) is 13.8 Å². The van der Waals surface area contributed by atoms with Gasteiger partial charge in [-0.3, -0.25) is 0 Å². The quantitative estimate of drug-likeness (QED) is 0.475. The first-order chi connectivity index (χ1) is 6.87. The van der Waals surface area contributed by atoms with Gasteiger partial charge in [0.05, 0.1) is 0 Å². The van der Waals surface area contributed by atoms with Gasteiger partial charge in [0.1, 0.15) is 0 Å². The largest absolute Gasteiger partial charge is 0.309 e. The third-order valence-corrected chi connectivity index (χ3v) is 2.78. The van der Waals surface area contributed by atoms with Crippen molar-refractivity contribution in [2.45, 2.75) is 25.0 Å². The average Bonchev–Trinajstić information content (AvgIpc) is 2.01. The molecule has 0 amide bonds. The third kappa shape index (κ3) is 8.84. The summed E-state index contributed by atoms with van der Waals surface area (Å²) in [5, 5.41) is 0. The van der Waals surface area contributed by atoms with Crippen LogP contribution in [0.4, 0.5) is 0 Å². The second-order valence-corrected chi connectivity index (χ2v) is 6.26. The van der Waals surface area contributed by atoms with E-state index in [2.05, 4.69) is 35.5 Å². The zero-order valence-corrected chi connectivity index (χ0v) is 11.3. The van der Waals surface area contributed by atoms with E-state index >= 15 is 0 Å². The van der Waals surface area contributed by atoms with Gasteiger partial charge >= 0.3 is 0 Å². The number of nitrogens with zero attached hydrogens (tertiary/aromatic N) is 3. The summed E-state index contributed by atoms with van der Waals surface area (Å²) in [5.74, 6) is 0. The molecule has 0 aliphatic heterocycles. The molecule has 5 heteroatoms. The second kappa shape index (κ2) is 7.19. The molecule has 0 heterocycles. The summed E-state index contributed by atoms with van der Waals surface area (Å²) < 4.78 is 2.81. The van der Waals surface area contributed by atoms with Crippen molar-refractivity contribution in [2.75, 3.05) is 40.8 Å². The molecule has 0 unspecified atom stereocenters. The highest BCUT2D eigenvalue weighted by atomic mass is 32.2. The maximum absolute atomic E-state index is 10.2. The minimum atomic E-state index is -0.0887. The van der Waals surface area contributed by atoms with E-state index in [-0.39, 0.29) is 4.75 Å². The Hall–Kier alpha value is -0.130. The lowest BCUT2D eigenvalue weighted by Crippen LogP contribution is -2.35. The van der Waals surface area contributed by atoms with E-state index in [0.717, 1.165) is 38.0 Å². The van der Waals surface area contributed by atoms with Crippen LogP contribution >= 0.6 is 11.9 Å². The fraction of sp³-hybridized carbons (Fsp3) is 1.00. The zero-order valence-electron chi connectivity index (χ0n) is 10.5. The Morgan fingerprint density at radius 3 is 2.27 bits per heavy atom. The lowest BCUT2D eigenvalue weighted by molar-refractivity contribution is 0.284. The Morgan fingerprint density at radius 1 is 1.20 bits per heavy atom. The molecule has 0 radical (unpaired) electrons. The first-order valence-electron chi connectivity index (χ1n) is 5.21. The molecule has 0 aromatic rings. The first kappa shape index (κ1) is 14.9. The fourth-order valence-electron chi connectivity index (χ4n) is 1.52. The van der Waals surface area contributed by atoms with Crippen LogP contribution in [0.5, 0.6) is 0 Å². The normalized spacial score (nSPS) is 12.5. The fourth-order valence-corrected chi connectivity index (χ4v) is 2.00. The Morgan fingerprint density at radius 2 is 1.80 bits per heavy atom. The van der Waals surface area contributed by atoms with Gasteiger partial charge in [-0.1, -0.05) is 0 Å². The van der Waals surface area contributed by atoms with Crippen molar-refractivity contribution in [3.8, 4) is 0 Å². The van der Waals surface area contributed by atoms with Crippen LogP contribution in [0, 0.1) is 4.91 Å². The lowest BCUT2D eigenvalue weighted by atomic mass is 10.2. The van der Waals surface area contributed by atoms with E-state index in [4.69, 9.17) is 0 Å². The molecule has 0 aromatic carbocycles. The summed E-state index contributed by atoms with van der Waals surface area (Å²) in [7, 11) is 6.25. The van der Waals surface area contributed by atoms with Gasteiger partial charge in [-0.15, -0.1) is 4.91 Å². The topological polar surface area (TPSA) is 35.9 Å². The van der Waals surface area contributed by atoms with Crippen molar-refractivity contribution in [2.24, 2.45) is 4.58 Å². The highest BCUT2D eigenvalue weighted by Crippen LogP contribution is 2.25. The highest BCUT2D eigenvalue weighted by Gasteiger charge is 2.21. The minimum Gasteiger partial charge on any atom is -0.309 e. The molecule has 0 spiro atoms. The molecular weight excluding hydrogens is 210 g/mol. The van der Waals surface area contributed by atoms with Crippen molar-refractivity contribution in [3.05, 3.63) is 4.91 Å². The number of hydrogen-bond donors (Lipinski definition) is 0. The maximum Gasteiger partial charge on any atom is 0.0482 e. The predicted molar refractivity (Wildman–Crippen MR) is 68.1 cm³/mol. The number of hydrogen-bond acceptors (Lipinski definition) is 5. The molecule has 0 saturated heterocycles. The monoisotopic (exact) mass is 233 g/mol. The van der Waals surface area contributed by atoms with Gasteiger partial charge in [0.2, 0.25) is 0 Å². The van der Waals surface area contributed by atoms with Gasteiger partial charge in [-0.2, -0.15) is 0 Å². The molecule has 0 atom stereocenters. The van der Waals surface area contributed by atoms with Crippen LogP contribution in [0.1, 0.15) is 20.3 Å². The van der Waals surface area contributed by atoms with Crippen LogP contribution in [0.3, 0.4) is 0 Å².